The second-order valence-corrected chi connectivity index (χ2v) is 8.30. The van der Waals surface area contributed by atoms with Crippen LogP contribution in [0.25, 0.3) is 0 Å². The highest BCUT2D eigenvalue weighted by Gasteiger charge is 2.31. The van der Waals surface area contributed by atoms with Gasteiger partial charge in [-0.25, -0.2) is 8.42 Å². The van der Waals surface area contributed by atoms with E-state index in [4.69, 9.17) is 27.9 Å². The maximum absolute atomic E-state index is 12.9. The van der Waals surface area contributed by atoms with Crippen LogP contribution in [0.2, 0.25) is 10.0 Å². The molecule has 0 fully saturated rings. The number of alkyl halides is 3. The summed E-state index contributed by atoms with van der Waals surface area (Å²) in [6.07, 6.45) is -4.64. The predicted octanol–water partition coefficient (Wildman–Crippen LogP) is 6.61. The topological polar surface area (TPSA) is 55.4 Å². The summed E-state index contributed by atoms with van der Waals surface area (Å²) in [5.41, 5.74) is -1.40. The van der Waals surface area contributed by atoms with Crippen LogP contribution in [-0.4, -0.2) is 8.42 Å². The van der Waals surface area contributed by atoms with Crippen molar-refractivity contribution in [3.8, 4) is 11.5 Å². The molecule has 29 heavy (non-hydrogen) atoms. The molecule has 4 nitrogen and oxygen atoms in total. The van der Waals surface area contributed by atoms with E-state index in [1.807, 2.05) is 0 Å². The summed E-state index contributed by atoms with van der Waals surface area (Å²) in [5.74, 6) is 0.716. The van der Waals surface area contributed by atoms with E-state index in [2.05, 4.69) is 4.72 Å². The Labute approximate surface area is 174 Å². The Morgan fingerprint density at radius 2 is 1.52 bits per heavy atom. The fourth-order valence-corrected chi connectivity index (χ4v) is 3.79. The molecule has 0 saturated heterocycles. The van der Waals surface area contributed by atoms with Crippen LogP contribution >= 0.6 is 23.2 Å². The third-order valence-electron chi connectivity index (χ3n) is 3.74. The zero-order valence-corrected chi connectivity index (χ0v) is 16.7. The van der Waals surface area contributed by atoms with Gasteiger partial charge in [-0.05, 0) is 54.6 Å². The van der Waals surface area contributed by atoms with E-state index in [1.165, 1.54) is 24.3 Å². The Balaban J connectivity index is 1.82. The van der Waals surface area contributed by atoms with Crippen molar-refractivity contribution in [2.45, 2.75) is 11.1 Å². The minimum Gasteiger partial charge on any atom is -0.456 e. The standard InChI is InChI=1S/C19H12Cl2F3NO3S/c20-15-10-5-12(19(22,23)24)11-17(15)25-29(26,27)14-8-6-13(7-9-14)28-18-4-2-1-3-16(18)21/h1-11,25H. The van der Waals surface area contributed by atoms with Crippen LogP contribution in [-0.2, 0) is 16.2 Å². The molecule has 0 aliphatic heterocycles. The second-order valence-electron chi connectivity index (χ2n) is 5.80. The summed E-state index contributed by atoms with van der Waals surface area (Å²) in [5, 5.41) is 0.213. The average Bonchev–Trinajstić information content (AvgIpc) is 2.65. The van der Waals surface area contributed by atoms with Crippen molar-refractivity contribution >= 4 is 38.9 Å². The highest BCUT2D eigenvalue weighted by atomic mass is 35.5. The van der Waals surface area contributed by atoms with Crippen LogP contribution in [0.5, 0.6) is 11.5 Å². The maximum atomic E-state index is 12.9. The fourth-order valence-electron chi connectivity index (χ4n) is 2.32. The minimum absolute atomic E-state index is 0.166. The molecule has 10 heteroatoms. The Kier molecular flexibility index (Phi) is 5.97. The molecule has 0 aliphatic rings. The van der Waals surface area contributed by atoms with Crippen molar-refractivity contribution in [1.29, 1.82) is 0 Å². The van der Waals surface area contributed by atoms with Crippen LogP contribution in [0.4, 0.5) is 18.9 Å². The Bertz CT molecular complexity index is 1130. The molecule has 152 valence electrons. The van der Waals surface area contributed by atoms with Gasteiger partial charge in [0.05, 0.1) is 26.2 Å². The first-order chi connectivity index (χ1) is 13.6. The van der Waals surface area contributed by atoms with Gasteiger partial charge in [-0.3, -0.25) is 4.72 Å². The normalized spacial score (nSPS) is 11.9. The molecule has 0 spiro atoms. The average molecular weight is 462 g/mol. The predicted molar refractivity (Wildman–Crippen MR) is 105 cm³/mol. The summed E-state index contributed by atoms with van der Waals surface area (Å²) in [6.45, 7) is 0. The zero-order chi connectivity index (χ0) is 21.2. The number of benzene rings is 3. The van der Waals surface area contributed by atoms with Crippen LogP contribution in [0.1, 0.15) is 5.56 Å². The van der Waals surface area contributed by atoms with E-state index in [0.29, 0.717) is 22.6 Å². The van der Waals surface area contributed by atoms with Gasteiger partial charge in [0.2, 0.25) is 0 Å². The van der Waals surface area contributed by atoms with Crippen molar-refractivity contribution in [2.75, 3.05) is 4.72 Å². The number of halogens is 5. The molecule has 0 aromatic heterocycles. The first-order valence-electron chi connectivity index (χ1n) is 7.98. The van der Waals surface area contributed by atoms with Crippen LogP contribution in [0, 0.1) is 0 Å². The van der Waals surface area contributed by atoms with E-state index in [1.54, 1.807) is 24.3 Å². The van der Waals surface area contributed by atoms with Crippen LogP contribution < -0.4 is 9.46 Å². The molecule has 0 amide bonds. The summed E-state index contributed by atoms with van der Waals surface area (Å²) in [4.78, 5) is -0.183. The third kappa shape index (κ3) is 5.14. The molecule has 0 atom stereocenters. The summed E-state index contributed by atoms with van der Waals surface area (Å²) >= 11 is 11.8. The van der Waals surface area contributed by atoms with E-state index in [-0.39, 0.29) is 15.6 Å². The largest absolute Gasteiger partial charge is 0.456 e. The molecule has 0 bridgehead atoms. The lowest BCUT2D eigenvalue weighted by Crippen LogP contribution is -2.14. The highest BCUT2D eigenvalue weighted by Crippen LogP contribution is 2.35. The molecule has 1 N–H and O–H groups in total. The Morgan fingerprint density at radius 3 is 2.14 bits per heavy atom. The zero-order valence-electron chi connectivity index (χ0n) is 14.4. The molecular weight excluding hydrogens is 450 g/mol. The smallest absolute Gasteiger partial charge is 0.416 e. The van der Waals surface area contributed by atoms with Gasteiger partial charge in [-0.1, -0.05) is 35.3 Å². The van der Waals surface area contributed by atoms with Crippen molar-refractivity contribution in [1.82, 2.24) is 0 Å². The minimum atomic E-state index is -4.64. The lowest BCUT2D eigenvalue weighted by Gasteiger charge is -2.13. The maximum Gasteiger partial charge on any atom is 0.416 e. The van der Waals surface area contributed by atoms with Crippen molar-refractivity contribution in [3.63, 3.8) is 0 Å². The Hall–Kier alpha value is -2.42. The molecule has 3 aromatic carbocycles. The first-order valence-corrected chi connectivity index (χ1v) is 10.2. The van der Waals surface area contributed by atoms with Gasteiger partial charge >= 0.3 is 6.18 Å². The number of para-hydroxylation sites is 1. The highest BCUT2D eigenvalue weighted by molar-refractivity contribution is 7.92. The lowest BCUT2D eigenvalue weighted by molar-refractivity contribution is -0.137. The summed E-state index contributed by atoms with van der Waals surface area (Å²) in [7, 11) is -4.18. The summed E-state index contributed by atoms with van der Waals surface area (Å²) in [6, 6.07) is 14.4. The van der Waals surface area contributed by atoms with Crippen molar-refractivity contribution in [2.24, 2.45) is 0 Å². The van der Waals surface area contributed by atoms with Gasteiger partial charge in [-0.15, -0.1) is 0 Å². The summed E-state index contributed by atoms with van der Waals surface area (Å²) < 4.78 is 71.3. The molecule has 3 rings (SSSR count). The van der Waals surface area contributed by atoms with Crippen LogP contribution in [0.3, 0.4) is 0 Å². The van der Waals surface area contributed by atoms with Gasteiger partial charge in [0.1, 0.15) is 11.5 Å². The number of sulfonamides is 1. The molecule has 3 aromatic rings. The molecule has 0 unspecified atom stereocenters. The number of rotatable bonds is 5. The lowest BCUT2D eigenvalue weighted by atomic mass is 10.2. The van der Waals surface area contributed by atoms with Gasteiger partial charge < -0.3 is 4.74 Å². The number of hydrogen-bond acceptors (Lipinski definition) is 3. The van der Waals surface area contributed by atoms with Crippen molar-refractivity contribution in [3.05, 3.63) is 82.3 Å². The second kappa shape index (κ2) is 8.14. The van der Waals surface area contributed by atoms with E-state index >= 15 is 0 Å². The Morgan fingerprint density at radius 1 is 0.862 bits per heavy atom. The number of nitrogens with one attached hydrogen (secondary N) is 1. The van der Waals surface area contributed by atoms with Gasteiger partial charge in [-0.2, -0.15) is 13.2 Å². The number of hydrogen-bond donors (Lipinski definition) is 1. The number of ether oxygens (including phenoxy) is 1. The molecule has 0 heterocycles. The monoisotopic (exact) mass is 461 g/mol. The van der Waals surface area contributed by atoms with Gasteiger partial charge in [0.15, 0.2) is 0 Å². The number of anilines is 1. The van der Waals surface area contributed by atoms with E-state index in [9.17, 15) is 21.6 Å². The van der Waals surface area contributed by atoms with E-state index in [0.717, 1.165) is 12.1 Å². The van der Waals surface area contributed by atoms with Crippen molar-refractivity contribution < 1.29 is 26.3 Å². The van der Waals surface area contributed by atoms with Crippen LogP contribution in [0.15, 0.2) is 71.6 Å². The molecule has 0 saturated carbocycles. The molecule has 0 aliphatic carbocycles. The SMILES string of the molecule is O=S(=O)(Nc1cc(C(F)(F)F)ccc1Cl)c1ccc(Oc2ccccc2Cl)cc1. The molecule has 0 radical (unpaired) electrons. The quantitative estimate of drug-likeness (QED) is 0.465. The van der Waals surface area contributed by atoms with Gasteiger partial charge in [0.25, 0.3) is 10.0 Å². The van der Waals surface area contributed by atoms with Gasteiger partial charge in [0, 0.05) is 0 Å². The fraction of sp³-hybridized carbons (Fsp3) is 0.0526. The third-order valence-corrected chi connectivity index (χ3v) is 5.76. The van der Waals surface area contributed by atoms with E-state index < -0.39 is 21.8 Å². The first kappa shape index (κ1) is 21.3. The molecular formula is C19H12Cl2F3NO3S.